The van der Waals surface area contributed by atoms with Crippen LogP contribution >= 0.6 is 0 Å². The molecule has 6 nitrogen and oxygen atoms in total. The van der Waals surface area contributed by atoms with Gasteiger partial charge >= 0.3 is 17.9 Å². The van der Waals surface area contributed by atoms with E-state index in [2.05, 4.69) is 4.74 Å². The molecular formula is C6H6O6. The van der Waals surface area contributed by atoms with Crippen LogP contribution in [0.25, 0.3) is 0 Å². The standard InChI is InChI=1S/C6H6O6/c1-12-6(11)3(5(9)10)2-4(7)8/h2H,1H3,(H,7,8)(H,9,10). The summed E-state index contributed by atoms with van der Waals surface area (Å²) in [6.45, 7) is 0. The molecular weight excluding hydrogens is 168 g/mol. The molecule has 0 heterocycles. The number of ether oxygens (including phenoxy) is 1. The van der Waals surface area contributed by atoms with Gasteiger partial charge in [0, 0.05) is 6.08 Å². The zero-order valence-corrected chi connectivity index (χ0v) is 6.10. The maximum absolute atomic E-state index is 10.6. The van der Waals surface area contributed by atoms with E-state index in [4.69, 9.17) is 10.2 Å². The number of carboxylic acids is 2. The highest BCUT2D eigenvalue weighted by atomic mass is 16.5. The summed E-state index contributed by atoms with van der Waals surface area (Å²) in [6, 6.07) is 0. The molecule has 0 amide bonds. The molecule has 0 aromatic carbocycles. The molecule has 0 rings (SSSR count). The summed E-state index contributed by atoms with van der Waals surface area (Å²) in [5.74, 6) is -4.34. The predicted octanol–water partition coefficient (Wildman–Crippen LogP) is -0.745. The number of methoxy groups -OCH3 is 1. The first kappa shape index (κ1) is 10.2. The van der Waals surface area contributed by atoms with E-state index < -0.39 is 23.5 Å². The second-order valence-electron chi connectivity index (χ2n) is 1.69. The Hall–Kier alpha value is -1.85. The largest absolute Gasteiger partial charge is 0.478 e. The highest BCUT2D eigenvalue weighted by molar-refractivity contribution is 6.16. The Balaban J connectivity index is 4.79. The van der Waals surface area contributed by atoms with Crippen LogP contribution in [0.15, 0.2) is 11.6 Å². The van der Waals surface area contributed by atoms with Gasteiger partial charge in [0.25, 0.3) is 0 Å². The molecule has 0 aliphatic carbocycles. The minimum absolute atomic E-state index is 0.272. The van der Waals surface area contributed by atoms with Crippen molar-refractivity contribution in [1.29, 1.82) is 0 Å². The van der Waals surface area contributed by atoms with Crippen molar-refractivity contribution in [3.05, 3.63) is 11.6 Å². The smallest absolute Gasteiger partial charge is 0.345 e. The van der Waals surface area contributed by atoms with Crippen LogP contribution in [0.1, 0.15) is 0 Å². The summed E-state index contributed by atoms with van der Waals surface area (Å²) in [7, 11) is 0.959. The Morgan fingerprint density at radius 3 is 2.00 bits per heavy atom. The lowest BCUT2D eigenvalue weighted by molar-refractivity contribution is -0.143. The molecule has 0 atom stereocenters. The van der Waals surface area contributed by atoms with Crippen LogP contribution in [0.5, 0.6) is 0 Å². The zero-order chi connectivity index (χ0) is 9.72. The molecule has 2 N–H and O–H groups in total. The lowest BCUT2D eigenvalue weighted by Crippen LogP contribution is -2.15. The number of rotatable bonds is 3. The molecule has 0 saturated carbocycles. The third-order valence-corrected chi connectivity index (χ3v) is 0.904. The molecule has 6 heteroatoms. The predicted molar refractivity (Wildman–Crippen MR) is 35.4 cm³/mol. The normalized spacial score (nSPS) is 10.6. The summed E-state index contributed by atoms with van der Waals surface area (Å²) < 4.78 is 4.02. The van der Waals surface area contributed by atoms with Crippen molar-refractivity contribution in [3.63, 3.8) is 0 Å². The molecule has 0 fully saturated rings. The molecule has 0 spiro atoms. The van der Waals surface area contributed by atoms with Gasteiger partial charge in [-0.2, -0.15) is 0 Å². The number of carboxylic acid groups (broad SMARTS) is 2. The number of aliphatic carboxylic acids is 2. The molecule has 0 aromatic heterocycles. The Kier molecular flexibility index (Phi) is 3.48. The third-order valence-electron chi connectivity index (χ3n) is 0.904. The minimum atomic E-state index is -1.63. The van der Waals surface area contributed by atoms with E-state index in [1.807, 2.05) is 0 Å². The molecule has 66 valence electrons. The maximum atomic E-state index is 10.6. The van der Waals surface area contributed by atoms with Gasteiger partial charge in [-0.25, -0.2) is 14.4 Å². The SMILES string of the molecule is COC(=O)C(=CC(=O)O)C(=O)O. The van der Waals surface area contributed by atoms with Gasteiger partial charge in [-0.05, 0) is 0 Å². The third kappa shape index (κ3) is 2.82. The van der Waals surface area contributed by atoms with Gasteiger partial charge in [-0.1, -0.05) is 0 Å². The fourth-order valence-corrected chi connectivity index (χ4v) is 0.441. The van der Waals surface area contributed by atoms with Gasteiger partial charge in [0.1, 0.15) is 0 Å². The molecule has 0 aliphatic heterocycles. The van der Waals surface area contributed by atoms with E-state index in [0.29, 0.717) is 0 Å². The van der Waals surface area contributed by atoms with E-state index in [1.165, 1.54) is 0 Å². The average Bonchev–Trinajstić information content (AvgIpc) is 1.98. The van der Waals surface area contributed by atoms with Gasteiger partial charge in [0.2, 0.25) is 0 Å². The lowest BCUT2D eigenvalue weighted by Gasteiger charge is -1.96. The Labute approximate surface area is 67.1 Å². The number of hydrogen-bond donors (Lipinski definition) is 2. The summed E-state index contributed by atoms with van der Waals surface area (Å²) in [4.78, 5) is 30.7. The van der Waals surface area contributed by atoms with Gasteiger partial charge in [0.05, 0.1) is 7.11 Å². The molecule has 0 saturated heterocycles. The van der Waals surface area contributed by atoms with Crippen LogP contribution in [0.2, 0.25) is 0 Å². The van der Waals surface area contributed by atoms with Crippen molar-refractivity contribution in [2.45, 2.75) is 0 Å². The number of carbonyl (C=O) groups is 3. The molecule has 0 bridgehead atoms. The monoisotopic (exact) mass is 174 g/mol. The Bertz CT molecular complexity index is 251. The van der Waals surface area contributed by atoms with Crippen molar-refractivity contribution < 1.29 is 29.3 Å². The van der Waals surface area contributed by atoms with E-state index in [9.17, 15) is 14.4 Å². The quantitative estimate of drug-likeness (QED) is 0.253. The first-order valence-corrected chi connectivity index (χ1v) is 2.75. The molecule has 12 heavy (non-hydrogen) atoms. The van der Waals surface area contributed by atoms with Crippen LogP contribution in [0, 0.1) is 0 Å². The van der Waals surface area contributed by atoms with E-state index in [0.717, 1.165) is 7.11 Å². The Morgan fingerprint density at radius 2 is 1.75 bits per heavy atom. The summed E-state index contributed by atoms with van der Waals surface area (Å²) in [5.41, 5.74) is -0.912. The van der Waals surface area contributed by atoms with Crippen molar-refractivity contribution in [3.8, 4) is 0 Å². The van der Waals surface area contributed by atoms with Crippen molar-refractivity contribution in [2.75, 3.05) is 7.11 Å². The number of carbonyl (C=O) groups excluding carboxylic acids is 1. The molecule has 0 aromatic rings. The highest BCUT2D eigenvalue weighted by Gasteiger charge is 2.18. The van der Waals surface area contributed by atoms with Crippen LogP contribution in [-0.2, 0) is 19.1 Å². The fourth-order valence-electron chi connectivity index (χ4n) is 0.441. The number of esters is 1. The van der Waals surface area contributed by atoms with Crippen molar-refractivity contribution >= 4 is 17.9 Å². The fraction of sp³-hybridized carbons (Fsp3) is 0.167. The lowest BCUT2D eigenvalue weighted by atomic mass is 10.2. The summed E-state index contributed by atoms with van der Waals surface area (Å²) >= 11 is 0. The van der Waals surface area contributed by atoms with Gasteiger partial charge in [0.15, 0.2) is 5.57 Å². The first-order valence-electron chi connectivity index (χ1n) is 2.75. The van der Waals surface area contributed by atoms with Crippen LogP contribution in [0.4, 0.5) is 0 Å². The van der Waals surface area contributed by atoms with Crippen LogP contribution < -0.4 is 0 Å². The van der Waals surface area contributed by atoms with E-state index in [1.54, 1.807) is 0 Å². The average molecular weight is 174 g/mol. The maximum Gasteiger partial charge on any atom is 0.345 e. The molecule has 0 unspecified atom stereocenters. The molecule has 0 radical (unpaired) electrons. The van der Waals surface area contributed by atoms with E-state index >= 15 is 0 Å². The molecule has 0 aliphatic rings. The van der Waals surface area contributed by atoms with E-state index in [-0.39, 0.29) is 6.08 Å². The van der Waals surface area contributed by atoms with Gasteiger partial charge in [-0.3, -0.25) is 0 Å². The first-order chi connectivity index (χ1) is 5.49. The van der Waals surface area contributed by atoms with Crippen LogP contribution in [0.3, 0.4) is 0 Å². The topological polar surface area (TPSA) is 101 Å². The minimum Gasteiger partial charge on any atom is -0.478 e. The zero-order valence-electron chi connectivity index (χ0n) is 6.10. The summed E-state index contributed by atoms with van der Waals surface area (Å²) in [6.07, 6.45) is 0.272. The van der Waals surface area contributed by atoms with Gasteiger partial charge in [-0.15, -0.1) is 0 Å². The van der Waals surface area contributed by atoms with Crippen molar-refractivity contribution in [2.24, 2.45) is 0 Å². The Morgan fingerprint density at radius 1 is 1.25 bits per heavy atom. The number of hydrogen-bond acceptors (Lipinski definition) is 4. The second-order valence-corrected chi connectivity index (χ2v) is 1.69. The second kappa shape index (κ2) is 4.12. The highest BCUT2D eigenvalue weighted by Crippen LogP contribution is 1.97. The van der Waals surface area contributed by atoms with Crippen LogP contribution in [-0.4, -0.2) is 35.2 Å². The summed E-state index contributed by atoms with van der Waals surface area (Å²) in [5, 5.41) is 16.4. The van der Waals surface area contributed by atoms with Gasteiger partial charge < -0.3 is 14.9 Å². The van der Waals surface area contributed by atoms with Crippen molar-refractivity contribution in [1.82, 2.24) is 0 Å².